The third-order valence-electron chi connectivity index (χ3n) is 10.8. The third kappa shape index (κ3) is 8.10. The lowest BCUT2D eigenvalue weighted by molar-refractivity contribution is 0.0686. The molecule has 4 aromatic heterocycles. The van der Waals surface area contributed by atoms with Gasteiger partial charge >= 0.3 is 11.9 Å². The van der Waals surface area contributed by atoms with E-state index in [1.807, 2.05) is 13.0 Å². The molecule has 0 bridgehead atoms. The topological polar surface area (TPSA) is 213 Å². The van der Waals surface area contributed by atoms with Gasteiger partial charge in [0.15, 0.2) is 0 Å². The molecule has 0 fully saturated rings. The fraction of sp³-hybridized carbons (Fsp3) is 0.104. The van der Waals surface area contributed by atoms with Crippen LogP contribution in [0.5, 0.6) is 0 Å². The molecule has 0 aliphatic heterocycles. The Hall–Kier alpha value is -8.66. The van der Waals surface area contributed by atoms with Crippen molar-refractivity contribution in [2.75, 3.05) is 0 Å². The summed E-state index contributed by atoms with van der Waals surface area (Å²) in [6, 6.07) is 23.3. The second-order valence-electron chi connectivity index (χ2n) is 15.2. The maximum atomic E-state index is 13.7. The Kier molecular flexibility index (Phi) is 11.2. The molecule has 8 rings (SSSR count). The highest BCUT2D eigenvalue weighted by atomic mass is 19.1. The van der Waals surface area contributed by atoms with E-state index in [4.69, 9.17) is 4.42 Å². The summed E-state index contributed by atoms with van der Waals surface area (Å²) in [7, 11) is 0. The number of nitrogens with zero attached hydrogens (tertiary/aromatic N) is 4. The van der Waals surface area contributed by atoms with E-state index < -0.39 is 29.6 Å². The number of halogens is 1. The van der Waals surface area contributed by atoms with Gasteiger partial charge in [0.1, 0.15) is 17.7 Å². The molecule has 0 aliphatic carbocycles. The number of amides is 2. The van der Waals surface area contributed by atoms with Crippen molar-refractivity contribution in [3.8, 4) is 11.4 Å². The number of aromatic nitrogens is 3. The van der Waals surface area contributed by atoms with Gasteiger partial charge in [-0.25, -0.2) is 24.8 Å². The predicted octanol–water partition coefficient (Wildman–Crippen LogP) is 7.74. The van der Waals surface area contributed by atoms with Crippen LogP contribution in [0.2, 0.25) is 0 Å². The monoisotopic (exact) mass is 859 g/mol. The van der Waals surface area contributed by atoms with E-state index in [9.17, 15) is 38.6 Å². The Balaban J connectivity index is 1.07. The molecule has 0 spiro atoms. The summed E-state index contributed by atoms with van der Waals surface area (Å²) in [4.78, 5) is 68.1. The first-order valence-electron chi connectivity index (χ1n) is 19.7. The molecular formula is C48H38FN7O8. The quantitative estimate of drug-likeness (QED) is 0.0604. The normalized spacial score (nSPS) is 11.6. The number of hydrogen-bond acceptors (Lipinski definition) is 8. The van der Waals surface area contributed by atoms with Crippen LogP contribution in [-0.2, 0) is 6.42 Å². The van der Waals surface area contributed by atoms with Gasteiger partial charge in [-0.05, 0) is 124 Å². The van der Waals surface area contributed by atoms with Crippen LogP contribution in [0, 0.1) is 33.5 Å². The molecule has 0 saturated heterocycles. The fourth-order valence-corrected chi connectivity index (χ4v) is 7.82. The van der Waals surface area contributed by atoms with Gasteiger partial charge in [-0.3, -0.25) is 14.4 Å². The SMILES string of the molecule is Cc1cc(C)c2c(=O)c(/C=N/NC(=O)c3ccc(C(=O)O)c(-n4c(C)ccc4Cc4ccc(C)n4-c4cc(C(=O)N/N=C/c5c[nH]c6cc(F)ccc56)ccc4C(=O)O)c3)coc2c1. The van der Waals surface area contributed by atoms with E-state index in [1.165, 1.54) is 67.2 Å². The van der Waals surface area contributed by atoms with Gasteiger partial charge in [-0.2, -0.15) is 10.2 Å². The Morgan fingerprint density at radius 3 is 1.84 bits per heavy atom. The molecule has 64 heavy (non-hydrogen) atoms. The first-order chi connectivity index (χ1) is 30.7. The number of rotatable bonds is 12. The van der Waals surface area contributed by atoms with Crippen molar-refractivity contribution >= 4 is 58.1 Å². The zero-order valence-corrected chi connectivity index (χ0v) is 34.7. The number of carboxylic acid groups (broad SMARTS) is 2. The van der Waals surface area contributed by atoms with E-state index in [-0.39, 0.29) is 51.0 Å². The van der Waals surface area contributed by atoms with Crippen molar-refractivity contribution < 1.29 is 38.2 Å². The molecule has 16 heteroatoms. The van der Waals surface area contributed by atoms with Gasteiger partial charge in [0, 0.05) is 63.0 Å². The lowest BCUT2D eigenvalue weighted by atomic mass is 10.1. The zero-order valence-electron chi connectivity index (χ0n) is 34.7. The van der Waals surface area contributed by atoms with Gasteiger partial charge in [0.25, 0.3) is 11.8 Å². The number of nitrogens with one attached hydrogen (secondary N) is 3. The number of aryl methyl sites for hydroxylation is 4. The molecule has 8 aromatic rings. The maximum Gasteiger partial charge on any atom is 0.337 e. The lowest BCUT2D eigenvalue weighted by Crippen LogP contribution is -2.20. The van der Waals surface area contributed by atoms with Crippen LogP contribution >= 0.6 is 0 Å². The number of carbonyl (C=O) groups is 4. The average Bonchev–Trinajstić information content (AvgIpc) is 3.95. The predicted molar refractivity (Wildman–Crippen MR) is 238 cm³/mol. The first kappa shape index (κ1) is 42.0. The number of fused-ring (bicyclic) bond motifs is 2. The van der Waals surface area contributed by atoms with Crippen molar-refractivity contribution in [3.05, 3.63) is 187 Å². The van der Waals surface area contributed by atoms with Crippen LogP contribution in [0.25, 0.3) is 33.2 Å². The van der Waals surface area contributed by atoms with Gasteiger partial charge in [-0.1, -0.05) is 6.07 Å². The number of aromatic amines is 1. The molecule has 320 valence electrons. The van der Waals surface area contributed by atoms with Crippen molar-refractivity contribution in [2.24, 2.45) is 10.2 Å². The first-order valence-corrected chi connectivity index (χ1v) is 19.7. The number of aromatic carboxylic acids is 2. The van der Waals surface area contributed by atoms with Crippen molar-refractivity contribution in [2.45, 2.75) is 34.1 Å². The number of hydrazone groups is 2. The van der Waals surface area contributed by atoms with E-state index >= 15 is 0 Å². The highest BCUT2D eigenvalue weighted by Crippen LogP contribution is 2.29. The fourth-order valence-electron chi connectivity index (χ4n) is 7.82. The van der Waals surface area contributed by atoms with E-state index in [2.05, 4.69) is 26.0 Å². The average molecular weight is 860 g/mol. The molecule has 0 saturated carbocycles. The Morgan fingerprint density at radius 2 is 1.28 bits per heavy atom. The number of hydrogen-bond donors (Lipinski definition) is 5. The van der Waals surface area contributed by atoms with Crippen molar-refractivity contribution in [1.29, 1.82) is 0 Å². The minimum absolute atomic E-state index is 0.0784. The Morgan fingerprint density at radius 1 is 0.719 bits per heavy atom. The van der Waals surface area contributed by atoms with Crippen LogP contribution in [0.4, 0.5) is 4.39 Å². The molecule has 0 radical (unpaired) electrons. The van der Waals surface area contributed by atoms with Gasteiger partial charge < -0.3 is 28.7 Å². The second kappa shape index (κ2) is 17.0. The number of carbonyl (C=O) groups excluding carboxylic acids is 2. The molecule has 5 N–H and O–H groups in total. The summed E-state index contributed by atoms with van der Waals surface area (Å²) in [5.74, 6) is -4.16. The summed E-state index contributed by atoms with van der Waals surface area (Å²) < 4.78 is 22.7. The highest BCUT2D eigenvalue weighted by Gasteiger charge is 2.23. The van der Waals surface area contributed by atoms with E-state index in [1.54, 1.807) is 72.5 Å². The minimum atomic E-state index is -1.24. The molecule has 4 heterocycles. The lowest BCUT2D eigenvalue weighted by Gasteiger charge is -2.18. The van der Waals surface area contributed by atoms with Gasteiger partial charge in [-0.15, -0.1) is 0 Å². The van der Waals surface area contributed by atoms with Crippen LogP contribution in [-0.4, -0.2) is 60.5 Å². The Labute approximate surface area is 362 Å². The summed E-state index contributed by atoms with van der Waals surface area (Å²) in [6.07, 6.45) is 5.64. The van der Waals surface area contributed by atoms with Gasteiger partial charge in [0.05, 0.1) is 45.9 Å². The van der Waals surface area contributed by atoms with Crippen LogP contribution in [0.1, 0.15) is 86.5 Å². The van der Waals surface area contributed by atoms with E-state index in [0.717, 1.165) is 11.1 Å². The van der Waals surface area contributed by atoms with Gasteiger partial charge in [0.2, 0.25) is 5.43 Å². The van der Waals surface area contributed by atoms with Crippen molar-refractivity contribution in [1.82, 2.24) is 25.0 Å². The van der Waals surface area contributed by atoms with E-state index in [0.29, 0.717) is 50.2 Å². The zero-order chi connectivity index (χ0) is 45.4. The Bertz CT molecular complexity index is 3350. The van der Waals surface area contributed by atoms with Crippen LogP contribution in [0.15, 0.2) is 123 Å². The smallest absolute Gasteiger partial charge is 0.337 e. The van der Waals surface area contributed by atoms with Crippen molar-refractivity contribution in [3.63, 3.8) is 0 Å². The summed E-state index contributed by atoms with van der Waals surface area (Å²) in [5.41, 5.74) is 10.9. The minimum Gasteiger partial charge on any atom is -0.478 e. The number of benzene rings is 4. The highest BCUT2D eigenvalue weighted by molar-refractivity contribution is 6.02. The summed E-state index contributed by atoms with van der Waals surface area (Å²) >= 11 is 0. The standard InChI is InChI=1S/C48H38FN7O8/c1-25-15-26(2)43-42(16-25)64-24-32(44(43)57)23-52-54-46(59)30-8-13-38(48(62)63)41(18-30)56-28(4)6-11-35(56)20-34-10-5-27(3)55(34)40-17-29(7-12-37(40)47(60)61)45(58)53-51-22-31-21-50-39-19-33(49)9-14-36(31)39/h5-19,21-24,50H,20H2,1-4H3,(H,53,58)(H,54,59)(H,60,61)(H,62,63)/b51-22+,52-23+. The molecule has 4 aromatic carbocycles. The molecule has 0 aliphatic rings. The number of H-pyrrole nitrogens is 1. The van der Waals surface area contributed by atoms with Crippen LogP contribution < -0.4 is 16.3 Å². The molecule has 15 nitrogen and oxygen atoms in total. The molecule has 0 atom stereocenters. The molecule has 0 unspecified atom stereocenters. The second-order valence-corrected chi connectivity index (χ2v) is 15.2. The molecule has 2 amide bonds. The van der Waals surface area contributed by atoms with Crippen LogP contribution in [0.3, 0.4) is 0 Å². The largest absolute Gasteiger partial charge is 0.478 e. The summed E-state index contributed by atoms with van der Waals surface area (Å²) in [6.45, 7) is 7.26. The number of carboxylic acids is 2. The maximum absolute atomic E-state index is 13.7. The summed E-state index contributed by atoms with van der Waals surface area (Å²) in [5, 5.41) is 29.7. The molecular weight excluding hydrogens is 822 g/mol. The third-order valence-corrected chi connectivity index (χ3v) is 10.8.